The van der Waals surface area contributed by atoms with Gasteiger partial charge in [0.05, 0.1) is 0 Å². The van der Waals surface area contributed by atoms with Crippen LogP contribution in [0.5, 0.6) is 0 Å². The van der Waals surface area contributed by atoms with E-state index < -0.39 is 0 Å². The van der Waals surface area contributed by atoms with E-state index in [1.807, 2.05) is 11.3 Å². The Hall–Kier alpha value is -8.10. The molecule has 0 saturated heterocycles. The van der Waals surface area contributed by atoms with Crippen LogP contribution >= 0.6 is 11.3 Å². The highest BCUT2D eigenvalue weighted by atomic mass is 32.1. The molecule has 13 rings (SSSR count). The van der Waals surface area contributed by atoms with Crippen LogP contribution in [0.1, 0.15) is 0 Å². The maximum atomic E-state index is 2.50. The van der Waals surface area contributed by atoms with Crippen molar-refractivity contribution in [2.45, 2.75) is 0 Å². The van der Waals surface area contributed by atoms with E-state index in [0.29, 0.717) is 0 Å². The first-order valence-electron chi connectivity index (χ1n) is 22.4. The lowest BCUT2D eigenvalue weighted by atomic mass is 9.82. The van der Waals surface area contributed by atoms with E-state index in [-0.39, 0.29) is 0 Å². The van der Waals surface area contributed by atoms with Gasteiger partial charge in [-0.2, -0.15) is 0 Å². The van der Waals surface area contributed by atoms with Crippen molar-refractivity contribution < 1.29 is 0 Å². The predicted molar refractivity (Wildman–Crippen MR) is 282 cm³/mol. The molecular formula is C64H40S. The largest absolute Gasteiger partial charge is 0.135 e. The van der Waals surface area contributed by atoms with Gasteiger partial charge in [0.2, 0.25) is 0 Å². The van der Waals surface area contributed by atoms with Crippen LogP contribution in [0.25, 0.3) is 130 Å². The van der Waals surface area contributed by atoms with E-state index in [2.05, 4.69) is 243 Å². The molecule has 0 N–H and O–H groups in total. The molecule has 65 heavy (non-hydrogen) atoms. The Bertz CT molecular complexity index is 3980. The fourth-order valence-electron chi connectivity index (χ4n) is 10.5. The van der Waals surface area contributed by atoms with Gasteiger partial charge in [-0.05, 0) is 134 Å². The van der Waals surface area contributed by atoms with Gasteiger partial charge in [0.25, 0.3) is 0 Å². The van der Waals surface area contributed by atoms with Crippen LogP contribution in [0, 0.1) is 0 Å². The van der Waals surface area contributed by atoms with Crippen LogP contribution in [0.4, 0.5) is 0 Å². The first-order valence-corrected chi connectivity index (χ1v) is 23.2. The minimum Gasteiger partial charge on any atom is -0.135 e. The lowest BCUT2D eigenvalue weighted by molar-refractivity contribution is 1.60. The normalized spacial score (nSPS) is 11.7. The molecule has 0 fully saturated rings. The van der Waals surface area contributed by atoms with Gasteiger partial charge >= 0.3 is 0 Å². The minimum atomic E-state index is 1.20. The van der Waals surface area contributed by atoms with Gasteiger partial charge in [0.15, 0.2) is 0 Å². The fourth-order valence-corrected chi connectivity index (χ4v) is 11.7. The monoisotopic (exact) mass is 840 g/mol. The summed E-state index contributed by atoms with van der Waals surface area (Å²) in [6.45, 7) is 0. The minimum absolute atomic E-state index is 1.20. The molecule has 12 aromatic carbocycles. The summed E-state index contributed by atoms with van der Waals surface area (Å²) in [5.41, 5.74) is 14.8. The molecule has 0 nitrogen and oxygen atoms in total. The zero-order chi connectivity index (χ0) is 42.8. The van der Waals surface area contributed by atoms with Crippen molar-refractivity contribution in [2.75, 3.05) is 0 Å². The number of rotatable bonds is 6. The average Bonchev–Trinajstić information content (AvgIpc) is 3.77. The molecule has 0 aliphatic heterocycles. The number of benzene rings is 12. The molecule has 0 aliphatic rings. The van der Waals surface area contributed by atoms with Crippen LogP contribution in [0.3, 0.4) is 0 Å². The first kappa shape index (κ1) is 37.5. The summed E-state index contributed by atoms with van der Waals surface area (Å²) in [5, 5.41) is 12.6. The molecule has 0 aliphatic carbocycles. The van der Waals surface area contributed by atoms with Crippen molar-refractivity contribution in [1.82, 2.24) is 0 Å². The zero-order valence-electron chi connectivity index (χ0n) is 35.5. The molecule has 1 aromatic heterocycles. The molecular weight excluding hydrogens is 801 g/mol. The molecule has 0 amide bonds. The topological polar surface area (TPSA) is 0 Å². The summed E-state index contributed by atoms with van der Waals surface area (Å²) in [6, 6.07) is 89.9. The average molecular weight is 841 g/mol. The fraction of sp³-hybridized carbons (Fsp3) is 0. The van der Waals surface area contributed by atoms with E-state index in [1.165, 1.54) is 130 Å². The van der Waals surface area contributed by atoms with E-state index in [1.54, 1.807) is 0 Å². The smallest absolute Gasteiger partial charge is 0.0434 e. The van der Waals surface area contributed by atoms with Gasteiger partial charge in [0.1, 0.15) is 0 Å². The molecule has 302 valence electrons. The molecule has 0 spiro atoms. The molecule has 0 bridgehead atoms. The molecule has 0 radical (unpaired) electrons. The molecule has 0 atom stereocenters. The maximum Gasteiger partial charge on any atom is 0.0434 e. The lowest BCUT2D eigenvalue weighted by Gasteiger charge is -2.21. The predicted octanol–water partition coefficient (Wildman–Crippen LogP) is 18.7. The van der Waals surface area contributed by atoms with Crippen LogP contribution in [-0.4, -0.2) is 0 Å². The third-order valence-corrected chi connectivity index (χ3v) is 14.7. The van der Waals surface area contributed by atoms with Gasteiger partial charge in [0, 0.05) is 20.2 Å². The summed E-state index contributed by atoms with van der Waals surface area (Å²) < 4.78 is 2.62. The van der Waals surface area contributed by atoms with Gasteiger partial charge in [-0.25, -0.2) is 0 Å². The van der Waals surface area contributed by atoms with Crippen LogP contribution < -0.4 is 0 Å². The second-order valence-electron chi connectivity index (χ2n) is 17.1. The summed E-state index contributed by atoms with van der Waals surface area (Å²) in [6.07, 6.45) is 0. The van der Waals surface area contributed by atoms with Crippen molar-refractivity contribution in [2.24, 2.45) is 0 Å². The molecule has 1 heteroatoms. The molecule has 0 saturated carbocycles. The lowest BCUT2D eigenvalue weighted by Crippen LogP contribution is -1.94. The third kappa shape index (κ3) is 6.20. The number of hydrogen-bond donors (Lipinski definition) is 0. The Balaban J connectivity index is 1.13. The second-order valence-corrected chi connectivity index (χ2v) is 18.2. The van der Waals surface area contributed by atoms with Crippen molar-refractivity contribution in [3.63, 3.8) is 0 Å². The van der Waals surface area contributed by atoms with Gasteiger partial charge < -0.3 is 0 Å². The SMILES string of the molecule is c1ccc(-c2cccc(-c3ccc4c(-c5cccc6ccccc56)c5cc(-c6cccc7c6sc6cccc(-c8ccccc8)c67)ccc5c(-c5cccc6ccccc56)c4c3)c2)cc1. The second kappa shape index (κ2) is 15.3. The standard InChI is InChI=1S/C64H40S/c1-3-16-41(17-4-1)45-24-11-25-46(38-45)47-34-36-55-58(39-47)61(53-30-12-22-42-20-7-9-26-49(42)53)56-37-35-48(40-59(56)62(55)54-31-13-23-43-21-8-10-27-50(43)54)52-29-14-32-57-63-51(44-18-5-2-6-19-44)28-15-33-60(63)65-64(52)57/h1-40H. The number of hydrogen-bond acceptors (Lipinski definition) is 1. The quantitative estimate of drug-likeness (QED) is 0.146. The maximum absolute atomic E-state index is 2.50. The van der Waals surface area contributed by atoms with Crippen molar-refractivity contribution in [3.05, 3.63) is 243 Å². The summed E-state index contributed by atoms with van der Waals surface area (Å²) in [7, 11) is 0. The van der Waals surface area contributed by atoms with Gasteiger partial charge in [-0.15, -0.1) is 11.3 Å². The highest BCUT2D eigenvalue weighted by Crippen LogP contribution is 2.50. The van der Waals surface area contributed by atoms with Crippen LogP contribution in [0.2, 0.25) is 0 Å². The summed E-state index contributed by atoms with van der Waals surface area (Å²) >= 11 is 1.90. The molecule has 0 unspecified atom stereocenters. The van der Waals surface area contributed by atoms with Crippen molar-refractivity contribution in [3.8, 4) is 66.8 Å². The Morgan fingerprint density at radius 3 is 1.35 bits per heavy atom. The van der Waals surface area contributed by atoms with Crippen LogP contribution in [-0.2, 0) is 0 Å². The highest BCUT2D eigenvalue weighted by Gasteiger charge is 2.22. The van der Waals surface area contributed by atoms with Gasteiger partial charge in [-0.3, -0.25) is 0 Å². The number of thiophene rings is 1. The Kier molecular flexibility index (Phi) is 8.82. The molecule has 13 aromatic rings. The van der Waals surface area contributed by atoms with E-state index >= 15 is 0 Å². The number of fused-ring (bicyclic) bond motifs is 7. The van der Waals surface area contributed by atoms with Crippen molar-refractivity contribution >= 4 is 74.6 Å². The zero-order valence-corrected chi connectivity index (χ0v) is 36.3. The van der Waals surface area contributed by atoms with E-state index in [4.69, 9.17) is 0 Å². The third-order valence-electron chi connectivity index (χ3n) is 13.5. The van der Waals surface area contributed by atoms with Crippen LogP contribution in [0.15, 0.2) is 243 Å². The van der Waals surface area contributed by atoms with Gasteiger partial charge in [-0.1, -0.05) is 218 Å². The Morgan fingerprint density at radius 2 is 0.677 bits per heavy atom. The summed E-state index contributed by atoms with van der Waals surface area (Å²) in [4.78, 5) is 0. The summed E-state index contributed by atoms with van der Waals surface area (Å²) in [5.74, 6) is 0. The molecule has 1 heterocycles. The Labute approximate surface area is 382 Å². The Morgan fingerprint density at radius 1 is 0.231 bits per heavy atom. The van der Waals surface area contributed by atoms with E-state index in [9.17, 15) is 0 Å². The van der Waals surface area contributed by atoms with Crippen molar-refractivity contribution in [1.29, 1.82) is 0 Å². The first-order chi connectivity index (χ1) is 32.2. The van der Waals surface area contributed by atoms with E-state index in [0.717, 1.165) is 0 Å². The highest BCUT2D eigenvalue weighted by molar-refractivity contribution is 7.26.